The van der Waals surface area contributed by atoms with Crippen molar-refractivity contribution < 1.29 is 38.5 Å². The number of nitrogens with one attached hydrogen (secondary N) is 2. The normalized spacial score (nSPS) is 14.0. The van der Waals surface area contributed by atoms with Gasteiger partial charge in [-0.1, -0.05) is 78.9 Å². The number of carbonyl (C=O) groups is 4. The van der Waals surface area contributed by atoms with Gasteiger partial charge in [0.15, 0.2) is 0 Å². The second-order valence-electron chi connectivity index (χ2n) is 9.96. The fourth-order valence-corrected chi connectivity index (χ4v) is 4.94. The zero-order valence-corrected chi connectivity index (χ0v) is 23.4. The predicted molar refractivity (Wildman–Crippen MR) is 154 cm³/mol. The van der Waals surface area contributed by atoms with Crippen LogP contribution in [0.5, 0.6) is 0 Å². The largest absolute Gasteiger partial charge is 0.480 e. The number of alkyl carbamates (subject to hydrolysis) is 1. The third-order valence-corrected chi connectivity index (χ3v) is 7.20. The van der Waals surface area contributed by atoms with Crippen LogP contribution >= 0.6 is 0 Å². The lowest BCUT2D eigenvalue weighted by atomic mass is 9.98. The molecule has 0 heterocycles. The Morgan fingerprint density at radius 1 is 0.857 bits per heavy atom. The zero-order valence-electron chi connectivity index (χ0n) is 23.4. The Hall–Kier alpha value is -4.70. The van der Waals surface area contributed by atoms with Crippen molar-refractivity contribution in [2.75, 3.05) is 13.7 Å². The zero-order chi connectivity index (χ0) is 30.1. The lowest BCUT2D eigenvalue weighted by molar-refractivity contribution is -0.144. The molecule has 1 aliphatic carbocycles. The lowest BCUT2D eigenvalue weighted by Crippen LogP contribution is -2.56. The Morgan fingerprint density at radius 2 is 1.45 bits per heavy atom. The summed E-state index contributed by atoms with van der Waals surface area (Å²) in [6.07, 6.45) is -2.11. The number of esters is 1. The number of carboxylic acids is 1. The van der Waals surface area contributed by atoms with Crippen LogP contribution in [0.3, 0.4) is 0 Å². The van der Waals surface area contributed by atoms with Crippen molar-refractivity contribution in [1.82, 2.24) is 10.6 Å². The highest BCUT2D eigenvalue weighted by molar-refractivity contribution is 5.90. The molecule has 0 bridgehead atoms. The van der Waals surface area contributed by atoms with Gasteiger partial charge in [0.05, 0.1) is 19.8 Å². The highest BCUT2D eigenvalue weighted by atomic mass is 16.6. The van der Waals surface area contributed by atoms with Crippen molar-refractivity contribution >= 4 is 23.9 Å². The number of rotatable bonds is 13. The van der Waals surface area contributed by atoms with Gasteiger partial charge in [0.2, 0.25) is 5.91 Å². The lowest BCUT2D eigenvalue weighted by Gasteiger charge is -2.26. The molecule has 0 aromatic heterocycles. The van der Waals surface area contributed by atoms with E-state index in [9.17, 15) is 24.3 Å². The van der Waals surface area contributed by atoms with E-state index in [0.29, 0.717) is 0 Å². The van der Waals surface area contributed by atoms with E-state index in [1.165, 1.54) is 7.11 Å². The highest BCUT2D eigenvalue weighted by Crippen LogP contribution is 2.44. The molecule has 3 N–H and O–H groups in total. The van der Waals surface area contributed by atoms with Crippen molar-refractivity contribution in [3.8, 4) is 11.1 Å². The standard InChI is InChI=1S/C32H34N2O8/c1-20(41-18-21-10-4-3-5-11-21)29(30(36)33-27(31(37)38)16-17-28(35)40-2)34-32(39)42-19-26-24-14-8-6-12-22(24)23-13-7-9-15-25(23)26/h3-15,20,26-27,29H,16-19H2,1-2H3,(H,33,36)(H,34,39)(H,37,38)/t20?,27-,29?/m1/s1. The maximum Gasteiger partial charge on any atom is 0.407 e. The third kappa shape index (κ3) is 7.52. The molecule has 0 spiro atoms. The molecule has 3 atom stereocenters. The van der Waals surface area contributed by atoms with Crippen molar-refractivity contribution in [2.45, 2.75) is 50.5 Å². The summed E-state index contributed by atoms with van der Waals surface area (Å²) in [6.45, 7) is 1.79. The molecule has 4 rings (SSSR count). The third-order valence-electron chi connectivity index (χ3n) is 7.20. The number of methoxy groups -OCH3 is 1. The highest BCUT2D eigenvalue weighted by Gasteiger charge is 2.33. The molecule has 2 amide bonds. The van der Waals surface area contributed by atoms with E-state index in [1.54, 1.807) is 6.92 Å². The van der Waals surface area contributed by atoms with Gasteiger partial charge < -0.3 is 30.0 Å². The molecule has 3 aromatic rings. The number of carbonyl (C=O) groups excluding carboxylic acids is 3. The Bertz CT molecular complexity index is 1360. The molecule has 1 aliphatic rings. The molecule has 0 saturated heterocycles. The monoisotopic (exact) mass is 574 g/mol. The van der Waals surface area contributed by atoms with Gasteiger partial charge in [0.25, 0.3) is 0 Å². The second-order valence-corrected chi connectivity index (χ2v) is 9.96. The van der Waals surface area contributed by atoms with Gasteiger partial charge in [0.1, 0.15) is 18.7 Å². The van der Waals surface area contributed by atoms with Gasteiger partial charge in [-0.25, -0.2) is 9.59 Å². The first-order valence-electron chi connectivity index (χ1n) is 13.7. The molecular formula is C32H34N2O8. The van der Waals surface area contributed by atoms with E-state index in [4.69, 9.17) is 9.47 Å². The summed E-state index contributed by atoms with van der Waals surface area (Å²) in [7, 11) is 1.19. The van der Waals surface area contributed by atoms with E-state index in [2.05, 4.69) is 15.4 Å². The van der Waals surface area contributed by atoms with Gasteiger partial charge in [-0.3, -0.25) is 9.59 Å². The summed E-state index contributed by atoms with van der Waals surface area (Å²) in [5, 5.41) is 14.6. The first kappa shape index (κ1) is 30.3. The maximum absolute atomic E-state index is 13.3. The van der Waals surface area contributed by atoms with Gasteiger partial charge in [0, 0.05) is 12.3 Å². The SMILES string of the molecule is COC(=O)CC[C@@H](NC(=O)C(NC(=O)OCC1c2ccccc2-c2ccccc21)C(C)OCc1ccccc1)C(=O)O. The molecular weight excluding hydrogens is 540 g/mol. The average molecular weight is 575 g/mol. The van der Waals surface area contributed by atoms with Crippen LogP contribution < -0.4 is 10.6 Å². The van der Waals surface area contributed by atoms with Crippen LogP contribution in [0, 0.1) is 0 Å². The molecule has 2 unspecified atom stereocenters. The number of carboxylic acid groups (broad SMARTS) is 1. The molecule has 220 valence electrons. The summed E-state index contributed by atoms with van der Waals surface area (Å²) in [5.74, 6) is -2.91. The van der Waals surface area contributed by atoms with Crippen LogP contribution in [-0.2, 0) is 35.2 Å². The summed E-state index contributed by atoms with van der Waals surface area (Å²) >= 11 is 0. The van der Waals surface area contributed by atoms with Gasteiger partial charge in [-0.2, -0.15) is 0 Å². The Morgan fingerprint density at radius 3 is 2.05 bits per heavy atom. The van der Waals surface area contributed by atoms with Crippen LogP contribution in [0.1, 0.15) is 42.4 Å². The van der Waals surface area contributed by atoms with Gasteiger partial charge in [-0.05, 0) is 41.2 Å². The fourth-order valence-electron chi connectivity index (χ4n) is 4.94. The number of ether oxygens (including phenoxy) is 3. The summed E-state index contributed by atoms with van der Waals surface area (Å²) in [6, 6.07) is 22.4. The molecule has 10 nitrogen and oxygen atoms in total. The molecule has 0 saturated carbocycles. The van der Waals surface area contributed by atoms with Crippen LogP contribution in [0.4, 0.5) is 4.79 Å². The summed E-state index contributed by atoms with van der Waals surface area (Å²) in [5.41, 5.74) is 5.08. The average Bonchev–Trinajstić information content (AvgIpc) is 3.33. The minimum Gasteiger partial charge on any atom is -0.480 e. The van der Waals surface area contributed by atoms with E-state index in [0.717, 1.165) is 27.8 Å². The smallest absolute Gasteiger partial charge is 0.407 e. The minimum absolute atomic E-state index is 0.0321. The summed E-state index contributed by atoms with van der Waals surface area (Å²) in [4.78, 5) is 49.7. The first-order valence-corrected chi connectivity index (χ1v) is 13.7. The number of hydrogen-bond acceptors (Lipinski definition) is 7. The van der Waals surface area contributed by atoms with Gasteiger partial charge in [-0.15, -0.1) is 0 Å². The van der Waals surface area contributed by atoms with Crippen molar-refractivity contribution in [3.63, 3.8) is 0 Å². The quantitative estimate of drug-likeness (QED) is 0.260. The molecule has 0 radical (unpaired) electrons. The molecule has 0 fully saturated rings. The van der Waals surface area contributed by atoms with Crippen LogP contribution in [0.15, 0.2) is 78.9 Å². The minimum atomic E-state index is -1.38. The van der Waals surface area contributed by atoms with E-state index in [1.807, 2.05) is 78.9 Å². The van der Waals surface area contributed by atoms with Crippen molar-refractivity contribution in [2.24, 2.45) is 0 Å². The van der Waals surface area contributed by atoms with Crippen LogP contribution in [-0.4, -0.2) is 60.9 Å². The van der Waals surface area contributed by atoms with Crippen molar-refractivity contribution in [1.29, 1.82) is 0 Å². The Kier molecular flexibility index (Phi) is 10.3. The van der Waals surface area contributed by atoms with Gasteiger partial charge >= 0.3 is 18.0 Å². The van der Waals surface area contributed by atoms with Crippen LogP contribution in [0.25, 0.3) is 11.1 Å². The van der Waals surface area contributed by atoms with E-state index < -0.39 is 42.1 Å². The van der Waals surface area contributed by atoms with E-state index >= 15 is 0 Å². The molecule has 3 aromatic carbocycles. The Balaban J connectivity index is 1.45. The number of amides is 2. The first-order chi connectivity index (χ1) is 20.3. The number of hydrogen-bond donors (Lipinski definition) is 3. The summed E-state index contributed by atoms with van der Waals surface area (Å²) < 4.78 is 16.1. The number of aliphatic carboxylic acids is 1. The molecule has 0 aliphatic heterocycles. The molecule has 42 heavy (non-hydrogen) atoms. The topological polar surface area (TPSA) is 140 Å². The maximum atomic E-state index is 13.3. The van der Waals surface area contributed by atoms with Crippen molar-refractivity contribution in [3.05, 3.63) is 95.6 Å². The van der Waals surface area contributed by atoms with Crippen LogP contribution in [0.2, 0.25) is 0 Å². The fraction of sp³-hybridized carbons (Fsp3) is 0.312. The Labute approximate surface area is 244 Å². The number of benzene rings is 3. The second kappa shape index (κ2) is 14.3. The number of fused-ring (bicyclic) bond motifs is 3. The van der Waals surface area contributed by atoms with E-state index in [-0.39, 0.29) is 32.0 Å². The predicted octanol–water partition coefficient (Wildman–Crippen LogP) is 4.02. The molecule has 10 heteroatoms.